The van der Waals surface area contributed by atoms with Crippen LogP contribution in [0.2, 0.25) is 5.02 Å². The monoisotopic (exact) mass is 502 g/mol. The normalized spacial score (nSPS) is 11.3. The van der Waals surface area contributed by atoms with Gasteiger partial charge in [0.1, 0.15) is 4.90 Å². The largest absolute Gasteiger partial charge is 0.351 e. The number of hydrogen-bond acceptors (Lipinski definition) is 4. The number of nitrogens with one attached hydrogen (secondary N) is 2. The second-order valence-electron chi connectivity index (χ2n) is 7.86. The van der Waals surface area contributed by atoms with Gasteiger partial charge in [-0.2, -0.15) is 11.8 Å². The number of benzene rings is 3. The third-order valence-electron chi connectivity index (χ3n) is 5.01. The molecular weight excluding hydrogens is 476 g/mol. The molecule has 0 radical (unpaired) electrons. The van der Waals surface area contributed by atoms with Gasteiger partial charge in [-0.05, 0) is 73.4 Å². The maximum atomic E-state index is 13.0. The van der Waals surface area contributed by atoms with Crippen LogP contribution >= 0.6 is 23.4 Å². The van der Waals surface area contributed by atoms with Gasteiger partial charge in [0.05, 0.1) is 5.02 Å². The number of amides is 1. The van der Waals surface area contributed by atoms with Crippen molar-refractivity contribution in [2.24, 2.45) is 0 Å². The van der Waals surface area contributed by atoms with Crippen LogP contribution in [0.1, 0.15) is 32.6 Å². The van der Waals surface area contributed by atoms with Crippen molar-refractivity contribution in [3.63, 3.8) is 0 Å². The van der Waals surface area contributed by atoms with Gasteiger partial charge in [0, 0.05) is 29.3 Å². The van der Waals surface area contributed by atoms with E-state index in [2.05, 4.69) is 29.1 Å². The van der Waals surface area contributed by atoms with Gasteiger partial charge in [-0.3, -0.25) is 9.52 Å². The van der Waals surface area contributed by atoms with E-state index in [1.165, 1.54) is 29.3 Å². The molecule has 0 unspecified atom stereocenters. The van der Waals surface area contributed by atoms with E-state index in [4.69, 9.17) is 11.6 Å². The number of thioether (sulfide) groups is 1. The van der Waals surface area contributed by atoms with E-state index in [9.17, 15) is 13.2 Å². The Hall–Kier alpha value is -2.48. The van der Waals surface area contributed by atoms with Crippen molar-refractivity contribution >= 4 is 45.0 Å². The van der Waals surface area contributed by atoms with E-state index in [0.717, 1.165) is 22.6 Å². The minimum atomic E-state index is -3.96. The van der Waals surface area contributed by atoms with Gasteiger partial charge in [-0.1, -0.05) is 41.9 Å². The molecule has 33 heavy (non-hydrogen) atoms. The third kappa shape index (κ3) is 7.00. The van der Waals surface area contributed by atoms with E-state index < -0.39 is 10.0 Å². The Balaban J connectivity index is 1.62. The van der Waals surface area contributed by atoms with Crippen molar-refractivity contribution in [3.8, 4) is 0 Å². The second kappa shape index (κ2) is 11.1. The average molecular weight is 503 g/mol. The summed E-state index contributed by atoms with van der Waals surface area (Å²) in [4.78, 5) is 12.5. The van der Waals surface area contributed by atoms with Crippen LogP contribution in [0, 0.1) is 20.8 Å². The summed E-state index contributed by atoms with van der Waals surface area (Å²) in [5.41, 5.74) is 5.09. The van der Waals surface area contributed by atoms with Crippen molar-refractivity contribution in [3.05, 3.63) is 93.5 Å². The Morgan fingerprint density at radius 1 is 0.970 bits per heavy atom. The van der Waals surface area contributed by atoms with E-state index in [-0.39, 0.29) is 21.4 Å². The van der Waals surface area contributed by atoms with Gasteiger partial charge in [-0.25, -0.2) is 8.42 Å². The molecule has 0 atom stereocenters. The Kier molecular flexibility index (Phi) is 8.46. The summed E-state index contributed by atoms with van der Waals surface area (Å²) in [6.07, 6.45) is 0. The highest BCUT2D eigenvalue weighted by Crippen LogP contribution is 2.26. The number of carbonyl (C=O) groups is 1. The molecule has 1 amide bonds. The average Bonchev–Trinajstić information content (AvgIpc) is 2.73. The van der Waals surface area contributed by atoms with Crippen LogP contribution in [0.3, 0.4) is 0 Å². The fraction of sp³-hybridized carbons (Fsp3) is 0.240. The minimum absolute atomic E-state index is 0.0530. The lowest BCUT2D eigenvalue weighted by Crippen LogP contribution is -2.26. The zero-order valence-corrected chi connectivity index (χ0v) is 21.2. The number of sulfonamides is 1. The molecule has 0 aliphatic rings. The highest BCUT2D eigenvalue weighted by Gasteiger charge is 2.20. The molecule has 174 valence electrons. The molecular formula is C25H27ClN2O3S2. The Labute approximate surface area is 205 Å². The Morgan fingerprint density at radius 2 is 1.67 bits per heavy atom. The standard InChI is InChI=1S/C25H27ClN2O3S2/c1-17-12-18(2)14-22(13-17)28-33(30,31)24-15-20(8-9-23(24)26)25(29)27-10-11-32-16-21-7-5-4-6-19(21)3/h4-9,12-15,28H,10-11,16H2,1-3H3,(H,27,29). The summed E-state index contributed by atoms with van der Waals surface area (Å²) < 4.78 is 28.5. The summed E-state index contributed by atoms with van der Waals surface area (Å²) >= 11 is 7.91. The van der Waals surface area contributed by atoms with Crippen molar-refractivity contribution in [2.45, 2.75) is 31.4 Å². The zero-order valence-electron chi connectivity index (χ0n) is 18.8. The minimum Gasteiger partial charge on any atom is -0.351 e. The van der Waals surface area contributed by atoms with Crippen LogP contribution < -0.4 is 10.0 Å². The summed E-state index contributed by atoms with van der Waals surface area (Å²) in [7, 11) is -3.96. The number of rotatable bonds is 9. The molecule has 3 rings (SSSR count). The van der Waals surface area contributed by atoms with Crippen molar-refractivity contribution < 1.29 is 13.2 Å². The second-order valence-corrected chi connectivity index (χ2v) is 11.0. The number of aryl methyl sites for hydroxylation is 3. The van der Waals surface area contributed by atoms with Crippen molar-refractivity contribution in [1.29, 1.82) is 0 Å². The topological polar surface area (TPSA) is 75.3 Å². The molecule has 0 saturated carbocycles. The van der Waals surface area contributed by atoms with E-state index in [1.54, 1.807) is 23.9 Å². The fourth-order valence-corrected chi connectivity index (χ4v) is 5.89. The molecule has 0 fully saturated rings. The molecule has 0 aliphatic heterocycles. The Morgan fingerprint density at radius 3 is 2.36 bits per heavy atom. The first kappa shape index (κ1) is 25.1. The van der Waals surface area contributed by atoms with Crippen LogP contribution in [-0.2, 0) is 15.8 Å². The highest BCUT2D eigenvalue weighted by atomic mass is 35.5. The SMILES string of the molecule is Cc1cc(C)cc(NS(=O)(=O)c2cc(C(=O)NCCSCc3ccccc3C)ccc2Cl)c1. The quantitative estimate of drug-likeness (QED) is 0.366. The van der Waals surface area contributed by atoms with Crippen LogP contribution in [0.5, 0.6) is 0 Å². The first-order valence-corrected chi connectivity index (χ1v) is 13.5. The Bertz CT molecular complexity index is 1240. The molecule has 3 aromatic rings. The maximum Gasteiger partial charge on any atom is 0.263 e. The molecule has 3 aromatic carbocycles. The summed E-state index contributed by atoms with van der Waals surface area (Å²) in [6.45, 7) is 6.34. The summed E-state index contributed by atoms with van der Waals surface area (Å²) in [6, 6.07) is 17.9. The lowest BCUT2D eigenvalue weighted by molar-refractivity contribution is 0.0956. The van der Waals surface area contributed by atoms with Crippen molar-refractivity contribution in [2.75, 3.05) is 17.0 Å². The molecule has 2 N–H and O–H groups in total. The maximum absolute atomic E-state index is 13.0. The van der Waals surface area contributed by atoms with Crippen molar-refractivity contribution in [1.82, 2.24) is 5.32 Å². The number of anilines is 1. The molecule has 8 heteroatoms. The molecule has 0 bridgehead atoms. The zero-order chi connectivity index (χ0) is 24.0. The fourth-order valence-electron chi connectivity index (χ4n) is 3.39. The summed E-state index contributed by atoms with van der Waals surface area (Å²) in [5, 5.41) is 2.90. The molecule has 0 heterocycles. The smallest absolute Gasteiger partial charge is 0.263 e. The predicted octanol–water partition coefficient (Wildman–Crippen LogP) is 5.73. The van der Waals surface area contributed by atoms with E-state index >= 15 is 0 Å². The molecule has 0 spiro atoms. The van der Waals surface area contributed by atoms with Gasteiger partial charge in [0.25, 0.3) is 15.9 Å². The number of halogens is 1. The van der Waals surface area contributed by atoms with Gasteiger partial charge in [0.15, 0.2) is 0 Å². The van der Waals surface area contributed by atoms with Gasteiger partial charge < -0.3 is 5.32 Å². The number of carbonyl (C=O) groups excluding carboxylic acids is 1. The van der Waals surface area contributed by atoms with E-state index in [1.807, 2.05) is 32.0 Å². The molecule has 0 aliphatic carbocycles. The lowest BCUT2D eigenvalue weighted by Gasteiger charge is -2.12. The predicted molar refractivity (Wildman–Crippen MR) is 138 cm³/mol. The van der Waals surface area contributed by atoms with Gasteiger partial charge in [-0.15, -0.1) is 0 Å². The van der Waals surface area contributed by atoms with Crippen LogP contribution in [-0.4, -0.2) is 26.6 Å². The third-order valence-corrected chi connectivity index (χ3v) is 7.88. The van der Waals surface area contributed by atoms with Gasteiger partial charge >= 0.3 is 0 Å². The molecule has 5 nitrogen and oxygen atoms in total. The van der Waals surface area contributed by atoms with Crippen LogP contribution in [0.25, 0.3) is 0 Å². The van der Waals surface area contributed by atoms with Crippen LogP contribution in [0.4, 0.5) is 5.69 Å². The summed E-state index contributed by atoms with van der Waals surface area (Å²) in [5.74, 6) is 1.27. The molecule has 0 aromatic heterocycles. The van der Waals surface area contributed by atoms with Gasteiger partial charge in [0.2, 0.25) is 0 Å². The first-order chi connectivity index (χ1) is 15.7. The lowest BCUT2D eigenvalue weighted by atomic mass is 10.1. The first-order valence-electron chi connectivity index (χ1n) is 10.5. The van der Waals surface area contributed by atoms with E-state index in [0.29, 0.717) is 12.2 Å². The number of hydrogen-bond donors (Lipinski definition) is 2. The van der Waals surface area contributed by atoms with Crippen LogP contribution in [0.15, 0.2) is 65.6 Å². The highest BCUT2D eigenvalue weighted by molar-refractivity contribution is 7.98. The molecule has 0 saturated heterocycles.